The Labute approximate surface area is 175 Å². The summed E-state index contributed by atoms with van der Waals surface area (Å²) in [6.45, 7) is 7.81. The zero-order valence-electron chi connectivity index (χ0n) is 17.2. The van der Waals surface area contributed by atoms with Crippen LogP contribution in [0.4, 0.5) is 5.13 Å². The summed E-state index contributed by atoms with van der Waals surface area (Å²) in [4.78, 5) is 22.2. The van der Waals surface area contributed by atoms with E-state index in [-0.39, 0.29) is 5.91 Å². The van der Waals surface area contributed by atoms with Crippen LogP contribution in [0.25, 0.3) is 10.2 Å². The number of benzene rings is 2. The molecule has 2 aromatic carbocycles. The predicted molar refractivity (Wildman–Crippen MR) is 121 cm³/mol. The van der Waals surface area contributed by atoms with Gasteiger partial charge in [-0.25, -0.2) is 4.98 Å². The van der Waals surface area contributed by atoms with Crippen LogP contribution in [0.3, 0.4) is 0 Å². The molecule has 1 aromatic heterocycles. The van der Waals surface area contributed by atoms with E-state index in [1.54, 1.807) is 23.1 Å². The molecule has 0 saturated heterocycles. The first-order chi connectivity index (χ1) is 13.3. The van der Waals surface area contributed by atoms with Gasteiger partial charge in [0.15, 0.2) is 5.13 Å². The number of thioether (sulfide) groups is 1. The molecule has 3 rings (SSSR count). The molecule has 3 aromatic rings. The van der Waals surface area contributed by atoms with Crippen molar-refractivity contribution >= 4 is 44.4 Å². The summed E-state index contributed by atoms with van der Waals surface area (Å²) in [7, 11) is 4.21. The first kappa shape index (κ1) is 20.8. The van der Waals surface area contributed by atoms with Crippen LogP contribution in [0.1, 0.15) is 16.7 Å². The van der Waals surface area contributed by atoms with Gasteiger partial charge in [-0.15, -0.1) is 11.8 Å². The number of hydrogen-bond acceptors (Lipinski definition) is 4. The highest BCUT2D eigenvalue weighted by Gasteiger charge is 2.21. The summed E-state index contributed by atoms with van der Waals surface area (Å²) in [5, 5.41) is 0.805. The van der Waals surface area contributed by atoms with Gasteiger partial charge in [0.2, 0.25) is 5.91 Å². The maximum Gasteiger partial charge on any atom is 0.239 e. The summed E-state index contributed by atoms with van der Waals surface area (Å²) in [6, 6.07) is 12.6. The van der Waals surface area contributed by atoms with Gasteiger partial charge in [-0.05, 0) is 50.1 Å². The number of anilines is 1. The van der Waals surface area contributed by atoms with Crippen molar-refractivity contribution in [2.75, 3.05) is 37.8 Å². The van der Waals surface area contributed by atoms with Gasteiger partial charge in [0.25, 0.3) is 0 Å². The van der Waals surface area contributed by atoms with Crippen molar-refractivity contribution in [2.45, 2.75) is 25.7 Å². The van der Waals surface area contributed by atoms with Crippen LogP contribution in [-0.2, 0) is 4.79 Å². The molecule has 28 heavy (non-hydrogen) atoms. The van der Waals surface area contributed by atoms with Crippen molar-refractivity contribution < 1.29 is 9.69 Å². The second kappa shape index (κ2) is 9.07. The SMILES string of the molecule is Cc1ccc(SCC(=O)N(CC[NH+](C)C)c2nc3c(C)cc(C)cc3s2)cc1. The number of carbonyl (C=O) groups is 1. The third-order valence-electron chi connectivity index (χ3n) is 4.57. The van der Waals surface area contributed by atoms with Crippen molar-refractivity contribution in [2.24, 2.45) is 0 Å². The van der Waals surface area contributed by atoms with E-state index in [0.717, 1.165) is 32.4 Å². The molecule has 0 bridgehead atoms. The zero-order chi connectivity index (χ0) is 20.3. The normalized spacial score (nSPS) is 11.4. The van der Waals surface area contributed by atoms with Crippen molar-refractivity contribution in [3.63, 3.8) is 0 Å². The number of hydrogen-bond donors (Lipinski definition) is 1. The molecule has 0 fully saturated rings. The molecule has 0 atom stereocenters. The average Bonchev–Trinajstić information content (AvgIpc) is 3.05. The Bertz CT molecular complexity index is 964. The first-order valence-corrected chi connectivity index (χ1v) is 11.3. The van der Waals surface area contributed by atoms with Gasteiger partial charge in [-0.3, -0.25) is 9.69 Å². The summed E-state index contributed by atoms with van der Waals surface area (Å²) >= 11 is 3.20. The van der Waals surface area contributed by atoms with Gasteiger partial charge >= 0.3 is 0 Å². The number of aryl methyl sites for hydroxylation is 3. The minimum Gasteiger partial charge on any atom is -0.338 e. The molecule has 148 valence electrons. The van der Waals surface area contributed by atoms with Crippen LogP contribution < -0.4 is 9.80 Å². The number of nitrogens with zero attached hydrogens (tertiary/aromatic N) is 2. The maximum absolute atomic E-state index is 13.1. The van der Waals surface area contributed by atoms with Crippen molar-refractivity contribution in [3.05, 3.63) is 53.1 Å². The molecule has 0 saturated carbocycles. The number of carbonyl (C=O) groups excluding carboxylic acids is 1. The fourth-order valence-corrected chi connectivity index (χ4v) is 4.95. The number of likely N-dealkylation sites (N-methyl/N-ethyl adjacent to an activating group) is 1. The quantitative estimate of drug-likeness (QED) is 0.602. The van der Waals surface area contributed by atoms with E-state index >= 15 is 0 Å². The number of nitrogens with one attached hydrogen (secondary N) is 1. The van der Waals surface area contributed by atoms with Crippen LogP contribution in [0.15, 0.2) is 41.3 Å². The summed E-state index contributed by atoms with van der Waals surface area (Å²) < 4.78 is 1.15. The maximum atomic E-state index is 13.1. The van der Waals surface area contributed by atoms with Gasteiger partial charge in [0, 0.05) is 4.90 Å². The number of amides is 1. The summed E-state index contributed by atoms with van der Waals surface area (Å²) in [5.41, 5.74) is 4.63. The van der Waals surface area contributed by atoms with E-state index in [4.69, 9.17) is 4.98 Å². The topological polar surface area (TPSA) is 37.6 Å². The second-order valence-electron chi connectivity index (χ2n) is 7.53. The lowest BCUT2D eigenvalue weighted by molar-refractivity contribution is -0.856. The van der Waals surface area contributed by atoms with Gasteiger partial charge < -0.3 is 4.90 Å². The lowest BCUT2D eigenvalue weighted by Gasteiger charge is -2.20. The lowest BCUT2D eigenvalue weighted by atomic mass is 10.1. The summed E-state index contributed by atoms with van der Waals surface area (Å²) in [5.74, 6) is 0.528. The second-order valence-corrected chi connectivity index (χ2v) is 9.59. The van der Waals surface area contributed by atoms with Crippen LogP contribution in [-0.4, -0.2) is 43.8 Å². The Morgan fingerprint density at radius 2 is 1.82 bits per heavy atom. The Morgan fingerprint density at radius 3 is 2.50 bits per heavy atom. The largest absolute Gasteiger partial charge is 0.338 e. The fraction of sp³-hybridized carbons (Fsp3) is 0.364. The first-order valence-electron chi connectivity index (χ1n) is 9.50. The molecular weight excluding hydrogens is 386 g/mol. The third kappa shape index (κ3) is 5.13. The highest BCUT2D eigenvalue weighted by atomic mass is 32.2. The number of thiazole rings is 1. The highest BCUT2D eigenvalue weighted by molar-refractivity contribution is 8.00. The van der Waals surface area contributed by atoms with E-state index < -0.39 is 0 Å². The van der Waals surface area contributed by atoms with E-state index in [1.807, 2.05) is 4.90 Å². The third-order valence-corrected chi connectivity index (χ3v) is 6.59. The average molecular weight is 415 g/mol. The van der Waals surface area contributed by atoms with E-state index in [9.17, 15) is 4.79 Å². The number of rotatable bonds is 7. The van der Waals surface area contributed by atoms with Gasteiger partial charge in [-0.1, -0.05) is 35.1 Å². The van der Waals surface area contributed by atoms with Crippen LogP contribution >= 0.6 is 23.1 Å². The Morgan fingerprint density at radius 1 is 1.11 bits per heavy atom. The molecule has 1 heterocycles. The van der Waals surface area contributed by atoms with E-state index in [0.29, 0.717) is 12.3 Å². The Kier molecular flexibility index (Phi) is 6.75. The van der Waals surface area contributed by atoms with Crippen molar-refractivity contribution in [3.8, 4) is 0 Å². The molecule has 1 amide bonds. The van der Waals surface area contributed by atoms with E-state index in [2.05, 4.69) is 71.3 Å². The lowest BCUT2D eigenvalue weighted by Crippen LogP contribution is -3.06. The molecular formula is C22H28N3OS2+. The Balaban J connectivity index is 1.82. The number of aromatic nitrogens is 1. The highest BCUT2D eigenvalue weighted by Crippen LogP contribution is 2.32. The molecule has 0 radical (unpaired) electrons. The Hall–Kier alpha value is -1.89. The monoisotopic (exact) mass is 414 g/mol. The number of fused-ring (bicyclic) bond motifs is 1. The molecule has 0 spiro atoms. The molecule has 0 aliphatic carbocycles. The van der Waals surface area contributed by atoms with Crippen LogP contribution in [0.2, 0.25) is 0 Å². The molecule has 1 N–H and O–H groups in total. The molecule has 6 heteroatoms. The minimum absolute atomic E-state index is 0.111. The minimum atomic E-state index is 0.111. The van der Waals surface area contributed by atoms with Crippen molar-refractivity contribution in [1.82, 2.24) is 4.98 Å². The van der Waals surface area contributed by atoms with Gasteiger partial charge in [-0.2, -0.15) is 0 Å². The molecule has 0 aliphatic heterocycles. The van der Waals surface area contributed by atoms with E-state index in [1.165, 1.54) is 16.0 Å². The smallest absolute Gasteiger partial charge is 0.239 e. The molecule has 0 unspecified atom stereocenters. The fourth-order valence-electron chi connectivity index (χ4n) is 2.99. The van der Waals surface area contributed by atoms with Gasteiger partial charge in [0.05, 0.1) is 43.2 Å². The van der Waals surface area contributed by atoms with Crippen molar-refractivity contribution in [1.29, 1.82) is 0 Å². The van der Waals surface area contributed by atoms with Crippen LogP contribution in [0.5, 0.6) is 0 Å². The number of quaternary nitrogens is 1. The van der Waals surface area contributed by atoms with Gasteiger partial charge in [0.1, 0.15) is 0 Å². The molecule has 0 aliphatic rings. The van der Waals surface area contributed by atoms with Crippen LogP contribution in [0, 0.1) is 20.8 Å². The molecule has 4 nitrogen and oxygen atoms in total. The zero-order valence-corrected chi connectivity index (χ0v) is 18.8. The summed E-state index contributed by atoms with van der Waals surface area (Å²) in [6.07, 6.45) is 0. The standard InChI is InChI=1S/C22H27N3OS2/c1-15-6-8-18(9-7-15)27-14-20(26)25(11-10-24(4)5)22-23-21-17(3)12-16(2)13-19(21)28-22/h6-9,12-13H,10-11,14H2,1-5H3/p+1. The predicted octanol–water partition coefficient (Wildman–Crippen LogP) is 3.49.